The van der Waals surface area contributed by atoms with Gasteiger partial charge in [-0.15, -0.1) is 5.54 Å². The number of hydrogen-bond donors (Lipinski definition) is 4. The largest absolute Gasteiger partial charge is 0.394 e. The summed E-state index contributed by atoms with van der Waals surface area (Å²) in [5.74, 6) is 2.92. The first-order valence-electron chi connectivity index (χ1n) is 12.1. The van der Waals surface area contributed by atoms with Crippen LogP contribution in [0.3, 0.4) is 0 Å². The van der Waals surface area contributed by atoms with E-state index in [1.54, 1.807) is 0 Å². The Bertz CT molecular complexity index is 1480. The Morgan fingerprint density at radius 3 is 1.82 bits per heavy atom. The Kier molecular flexibility index (Phi) is 6.99. The van der Waals surface area contributed by atoms with Gasteiger partial charge in [0.05, 0.1) is 6.61 Å². The third kappa shape index (κ3) is 4.34. The molecule has 0 amide bonds. The molecular formula is C29H26N2O6Si. The molecule has 1 saturated heterocycles. The lowest BCUT2D eigenvalue weighted by Crippen LogP contribution is -2.67. The fraction of sp³-hybridized carbons (Fsp3) is 0.172. The zero-order chi connectivity index (χ0) is 26.8. The van der Waals surface area contributed by atoms with Gasteiger partial charge in [-0.1, -0.05) is 96.9 Å². The molecule has 0 saturated carbocycles. The SMILES string of the molecule is O=c1ccn([C@@H]2O[C@H](CO)[C@](O)(C#C[Si](c3ccccc3)(c3ccccc3)c3ccccc3)[C@H]2O)c(=O)[nH]1. The van der Waals surface area contributed by atoms with Crippen LogP contribution in [0.15, 0.2) is 113 Å². The minimum absolute atomic E-state index is 0.614. The summed E-state index contributed by atoms with van der Waals surface area (Å²) in [7, 11) is -3.12. The van der Waals surface area contributed by atoms with Gasteiger partial charge >= 0.3 is 5.69 Å². The molecule has 4 aromatic rings. The Morgan fingerprint density at radius 2 is 1.37 bits per heavy atom. The molecule has 4 N–H and O–H groups in total. The summed E-state index contributed by atoms with van der Waals surface area (Å²) in [6.07, 6.45) is -3.23. The molecule has 2 heterocycles. The summed E-state index contributed by atoms with van der Waals surface area (Å²) < 4.78 is 6.69. The molecule has 9 heteroatoms. The maximum absolute atomic E-state index is 12.4. The number of benzene rings is 3. The van der Waals surface area contributed by atoms with E-state index in [0.717, 1.165) is 26.2 Å². The van der Waals surface area contributed by atoms with E-state index in [2.05, 4.69) is 16.4 Å². The van der Waals surface area contributed by atoms with Crippen LogP contribution >= 0.6 is 0 Å². The normalized spacial score (nSPS) is 23.0. The molecule has 1 fully saturated rings. The van der Waals surface area contributed by atoms with Crippen molar-refractivity contribution in [2.24, 2.45) is 0 Å². The molecule has 5 rings (SSSR count). The lowest BCUT2D eigenvalue weighted by molar-refractivity contribution is -0.0624. The van der Waals surface area contributed by atoms with Crippen LogP contribution in [0.4, 0.5) is 0 Å². The Hall–Kier alpha value is -4.04. The van der Waals surface area contributed by atoms with E-state index in [0.29, 0.717) is 0 Å². The van der Waals surface area contributed by atoms with Crippen LogP contribution in [0.5, 0.6) is 0 Å². The Morgan fingerprint density at radius 1 is 0.868 bits per heavy atom. The maximum atomic E-state index is 12.4. The maximum Gasteiger partial charge on any atom is 0.330 e. The van der Waals surface area contributed by atoms with E-state index < -0.39 is 50.0 Å². The average molecular weight is 527 g/mol. The minimum Gasteiger partial charge on any atom is -0.394 e. The van der Waals surface area contributed by atoms with Gasteiger partial charge in [0.1, 0.15) is 12.2 Å². The van der Waals surface area contributed by atoms with Gasteiger partial charge in [-0.2, -0.15) is 0 Å². The van der Waals surface area contributed by atoms with Crippen molar-refractivity contribution in [2.45, 2.75) is 24.0 Å². The molecule has 1 aliphatic rings. The van der Waals surface area contributed by atoms with Crippen LogP contribution in [0.1, 0.15) is 6.23 Å². The van der Waals surface area contributed by atoms with Crippen LogP contribution in [0, 0.1) is 11.5 Å². The van der Waals surface area contributed by atoms with Crippen molar-refractivity contribution in [1.29, 1.82) is 0 Å². The van der Waals surface area contributed by atoms with Gasteiger partial charge in [-0.05, 0) is 15.6 Å². The topological polar surface area (TPSA) is 125 Å². The number of H-pyrrole nitrogens is 1. The number of ether oxygens (including phenoxy) is 1. The van der Waals surface area contributed by atoms with Crippen molar-refractivity contribution in [2.75, 3.05) is 6.61 Å². The van der Waals surface area contributed by atoms with Crippen LogP contribution in [0.2, 0.25) is 0 Å². The molecule has 3 aromatic carbocycles. The smallest absolute Gasteiger partial charge is 0.330 e. The van der Waals surface area contributed by atoms with E-state index in [-0.39, 0.29) is 0 Å². The van der Waals surface area contributed by atoms with Gasteiger partial charge in [-0.3, -0.25) is 14.3 Å². The van der Waals surface area contributed by atoms with E-state index >= 15 is 0 Å². The van der Waals surface area contributed by atoms with Gasteiger partial charge < -0.3 is 20.1 Å². The summed E-state index contributed by atoms with van der Waals surface area (Å²) in [6, 6.07) is 30.4. The summed E-state index contributed by atoms with van der Waals surface area (Å²) in [5, 5.41) is 36.0. The monoisotopic (exact) mass is 526 g/mol. The van der Waals surface area contributed by atoms with E-state index in [4.69, 9.17) is 4.74 Å². The van der Waals surface area contributed by atoms with Gasteiger partial charge in [-0.25, -0.2) is 4.79 Å². The molecule has 0 unspecified atom stereocenters. The highest BCUT2D eigenvalue weighted by Crippen LogP contribution is 2.36. The number of aromatic amines is 1. The van der Waals surface area contributed by atoms with Crippen LogP contribution in [-0.4, -0.2) is 57.4 Å². The van der Waals surface area contributed by atoms with Crippen molar-refractivity contribution in [3.8, 4) is 11.5 Å². The van der Waals surface area contributed by atoms with Gasteiger partial charge in [0.15, 0.2) is 11.8 Å². The highest BCUT2D eigenvalue weighted by Gasteiger charge is 2.56. The zero-order valence-corrected chi connectivity index (χ0v) is 21.3. The van der Waals surface area contributed by atoms with Crippen molar-refractivity contribution in [3.63, 3.8) is 0 Å². The van der Waals surface area contributed by atoms with Crippen LogP contribution < -0.4 is 26.8 Å². The molecular weight excluding hydrogens is 500 g/mol. The fourth-order valence-electron chi connectivity index (χ4n) is 4.91. The number of rotatable bonds is 5. The second-order valence-electron chi connectivity index (χ2n) is 9.08. The number of aliphatic hydroxyl groups excluding tert-OH is 2. The van der Waals surface area contributed by atoms with Gasteiger partial charge in [0.25, 0.3) is 5.56 Å². The highest BCUT2D eigenvalue weighted by atomic mass is 28.3. The molecule has 0 radical (unpaired) electrons. The highest BCUT2D eigenvalue weighted by molar-refractivity contribution is 7.16. The first-order chi connectivity index (χ1) is 18.4. The first kappa shape index (κ1) is 25.6. The molecule has 8 nitrogen and oxygen atoms in total. The lowest BCUT2D eigenvalue weighted by atomic mass is 9.93. The van der Waals surface area contributed by atoms with Crippen molar-refractivity contribution in [1.82, 2.24) is 9.55 Å². The van der Waals surface area contributed by atoms with Crippen molar-refractivity contribution >= 4 is 23.6 Å². The predicted molar refractivity (Wildman–Crippen MR) is 145 cm³/mol. The summed E-state index contributed by atoms with van der Waals surface area (Å²) in [6.45, 7) is -0.659. The summed E-state index contributed by atoms with van der Waals surface area (Å²) in [5.41, 5.74) is -0.255. The molecule has 0 bridgehead atoms. The second-order valence-corrected chi connectivity index (χ2v) is 12.6. The average Bonchev–Trinajstić information content (AvgIpc) is 3.20. The third-order valence-corrected chi connectivity index (χ3v) is 11.0. The van der Waals surface area contributed by atoms with E-state index in [1.165, 1.54) is 6.20 Å². The molecule has 1 aromatic heterocycles. The third-order valence-electron chi connectivity index (χ3n) is 6.88. The van der Waals surface area contributed by atoms with Crippen molar-refractivity contribution < 1.29 is 20.1 Å². The van der Waals surface area contributed by atoms with Crippen LogP contribution in [0.25, 0.3) is 0 Å². The summed E-state index contributed by atoms with van der Waals surface area (Å²) >= 11 is 0. The number of aliphatic hydroxyl groups is 3. The number of hydrogen-bond acceptors (Lipinski definition) is 6. The standard InChI is InChI=1S/C29H26N2O6Si/c32-20-24-29(36,26(34)27(37-24)31-18-16-25(33)30-28(31)35)17-19-38(21-10-4-1-5-11-21,22-12-6-2-7-13-22)23-14-8-3-9-15-23/h1-16,18,24,26-27,32,34,36H,20H2,(H,30,33,35)/t24-,26+,27-,29-/m1/s1. The fourth-order valence-corrected chi connectivity index (χ4v) is 8.81. The Labute approximate surface area is 219 Å². The quantitative estimate of drug-likeness (QED) is 0.154. The first-order valence-corrected chi connectivity index (χ1v) is 14.1. The second kappa shape index (κ2) is 10.4. The minimum atomic E-state index is -3.12. The molecule has 0 aliphatic carbocycles. The van der Waals surface area contributed by atoms with E-state index in [9.17, 15) is 24.9 Å². The summed E-state index contributed by atoms with van der Waals surface area (Å²) in [4.78, 5) is 26.0. The van der Waals surface area contributed by atoms with Gasteiger partial charge in [0, 0.05) is 12.3 Å². The van der Waals surface area contributed by atoms with Crippen LogP contribution in [-0.2, 0) is 4.74 Å². The molecule has 1 aliphatic heterocycles. The molecule has 0 spiro atoms. The predicted octanol–water partition coefficient (Wildman–Crippen LogP) is -0.769. The number of aromatic nitrogens is 2. The lowest BCUT2D eigenvalue weighted by Gasteiger charge is -2.30. The zero-order valence-electron chi connectivity index (χ0n) is 20.3. The molecule has 4 atom stereocenters. The van der Waals surface area contributed by atoms with Gasteiger partial charge in [0.2, 0.25) is 8.07 Å². The molecule has 38 heavy (non-hydrogen) atoms. The molecule has 192 valence electrons. The number of nitrogens with one attached hydrogen (secondary N) is 1. The Balaban J connectivity index is 1.71. The number of nitrogens with zero attached hydrogens (tertiary/aromatic N) is 1. The van der Waals surface area contributed by atoms with Crippen molar-refractivity contribution in [3.05, 3.63) is 124 Å². The van der Waals surface area contributed by atoms with E-state index in [1.807, 2.05) is 91.0 Å².